The molecule has 1 aromatic carbocycles. The van der Waals surface area contributed by atoms with Crippen molar-refractivity contribution in [3.63, 3.8) is 0 Å². The van der Waals surface area contributed by atoms with Crippen LogP contribution in [0.3, 0.4) is 0 Å². The molecule has 0 atom stereocenters. The third-order valence-corrected chi connectivity index (χ3v) is 3.35. The summed E-state index contributed by atoms with van der Waals surface area (Å²) in [4.78, 5) is 0. The van der Waals surface area contributed by atoms with Crippen molar-refractivity contribution < 1.29 is 0 Å². The van der Waals surface area contributed by atoms with Crippen molar-refractivity contribution in [1.29, 1.82) is 0 Å². The smallest absolute Gasteiger partial charge is 0.229 e. The Morgan fingerprint density at radius 1 is 1.19 bits per heavy atom. The van der Waals surface area contributed by atoms with Crippen LogP contribution in [-0.2, 0) is 20.0 Å². The Balaban J connectivity index is 1.79. The molecule has 6 heteroatoms. The van der Waals surface area contributed by atoms with Gasteiger partial charge >= 0.3 is 0 Å². The van der Waals surface area contributed by atoms with Gasteiger partial charge in [0.25, 0.3) is 0 Å². The Kier molecular flexibility index (Phi) is 3.68. The van der Waals surface area contributed by atoms with E-state index in [2.05, 4.69) is 27.5 Å². The second-order valence-electron chi connectivity index (χ2n) is 4.84. The highest BCUT2D eigenvalue weighted by molar-refractivity contribution is 5.40. The largest absolute Gasteiger partial charge is 0.350 e. The maximum atomic E-state index is 4.44. The van der Waals surface area contributed by atoms with Crippen molar-refractivity contribution in [3.05, 3.63) is 54.1 Å². The molecular weight excluding hydrogens is 264 g/mol. The number of para-hydroxylation sites is 1. The van der Waals surface area contributed by atoms with E-state index >= 15 is 0 Å². The third kappa shape index (κ3) is 2.79. The Bertz CT molecular complexity index is 713. The van der Waals surface area contributed by atoms with Crippen LogP contribution in [0, 0.1) is 0 Å². The lowest BCUT2D eigenvalue weighted by Gasteiger charge is -2.08. The van der Waals surface area contributed by atoms with E-state index in [0.29, 0.717) is 6.54 Å². The van der Waals surface area contributed by atoms with Gasteiger partial charge in [-0.05, 0) is 18.6 Å². The first-order valence-corrected chi connectivity index (χ1v) is 6.98. The van der Waals surface area contributed by atoms with Gasteiger partial charge in [0, 0.05) is 25.4 Å². The lowest BCUT2D eigenvalue weighted by Crippen LogP contribution is -2.06. The zero-order valence-corrected chi connectivity index (χ0v) is 12.2. The fourth-order valence-electron chi connectivity index (χ4n) is 2.34. The Labute approximate surface area is 123 Å². The van der Waals surface area contributed by atoms with Crippen molar-refractivity contribution >= 4 is 5.95 Å². The van der Waals surface area contributed by atoms with E-state index in [1.54, 1.807) is 6.33 Å². The average Bonchev–Trinajstić information content (AvgIpc) is 3.12. The predicted molar refractivity (Wildman–Crippen MR) is 81.3 cm³/mol. The molecule has 3 aromatic rings. The lowest BCUT2D eigenvalue weighted by atomic mass is 10.2. The highest BCUT2D eigenvalue weighted by atomic mass is 15.3. The molecular formula is C15H18N6. The molecule has 0 aliphatic rings. The normalized spacial score (nSPS) is 10.8. The Morgan fingerprint density at radius 2 is 2.00 bits per heavy atom. The van der Waals surface area contributed by atoms with Crippen LogP contribution in [0.4, 0.5) is 5.95 Å². The van der Waals surface area contributed by atoms with Gasteiger partial charge in [-0.1, -0.05) is 25.1 Å². The number of rotatable bonds is 5. The molecule has 6 nitrogen and oxygen atoms in total. The second-order valence-corrected chi connectivity index (χ2v) is 4.84. The van der Waals surface area contributed by atoms with Gasteiger partial charge in [0.1, 0.15) is 6.33 Å². The summed E-state index contributed by atoms with van der Waals surface area (Å²) >= 11 is 0. The van der Waals surface area contributed by atoms with Gasteiger partial charge in [0.2, 0.25) is 5.95 Å². The number of aryl methyl sites for hydroxylation is 2. The lowest BCUT2D eigenvalue weighted by molar-refractivity contribution is 0.746. The van der Waals surface area contributed by atoms with Crippen LogP contribution in [0.5, 0.6) is 0 Å². The zero-order chi connectivity index (χ0) is 14.7. The first kappa shape index (κ1) is 13.4. The molecule has 0 radical (unpaired) electrons. The summed E-state index contributed by atoms with van der Waals surface area (Å²) in [6.45, 7) is 2.79. The summed E-state index contributed by atoms with van der Waals surface area (Å²) in [5.41, 5.74) is 3.32. The summed E-state index contributed by atoms with van der Waals surface area (Å²) < 4.78 is 3.78. The first-order valence-electron chi connectivity index (χ1n) is 6.98. The van der Waals surface area contributed by atoms with E-state index < -0.39 is 0 Å². The van der Waals surface area contributed by atoms with Gasteiger partial charge < -0.3 is 5.32 Å². The third-order valence-electron chi connectivity index (χ3n) is 3.35. The molecule has 0 saturated heterocycles. The number of hydrogen-bond acceptors (Lipinski definition) is 4. The van der Waals surface area contributed by atoms with Crippen LogP contribution in [0.2, 0.25) is 0 Å². The Morgan fingerprint density at radius 3 is 2.76 bits per heavy atom. The fourth-order valence-corrected chi connectivity index (χ4v) is 2.34. The molecule has 0 aliphatic heterocycles. The van der Waals surface area contributed by atoms with Crippen LogP contribution in [-0.4, -0.2) is 24.5 Å². The van der Waals surface area contributed by atoms with Gasteiger partial charge in [0.15, 0.2) is 0 Å². The number of benzene rings is 1. The van der Waals surface area contributed by atoms with E-state index in [-0.39, 0.29) is 0 Å². The fraction of sp³-hybridized carbons (Fsp3) is 0.267. The SMILES string of the molecule is CCc1nn(C)cc1CNc1nncn1-c1ccccc1. The van der Waals surface area contributed by atoms with E-state index in [9.17, 15) is 0 Å². The molecule has 1 N–H and O–H groups in total. The van der Waals surface area contributed by atoms with Crippen molar-refractivity contribution in [2.24, 2.45) is 7.05 Å². The van der Waals surface area contributed by atoms with Gasteiger partial charge in [-0.25, -0.2) is 0 Å². The highest BCUT2D eigenvalue weighted by Crippen LogP contribution is 2.14. The minimum atomic E-state index is 0.683. The van der Waals surface area contributed by atoms with E-state index in [4.69, 9.17) is 0 Å². The number of aromatic nitrogens is 5. The summed E-state index contributed by atoms with van der Waals surface area (Å²) in [6, 6.07) is 10.0. The number of hydrogen-bond donors (Lipinski definition) is 1. The van der Waals surface area contributed by atoms with Crippen LogP contribution < -0.4 is 5.32 Å². The molecule has 21 heavy (non-hydrogen) atoms. The van der Waals surface area contributed by atoms with Gasteiger partial charge in [-0.15, -0.1) is 10.2 Å². The van der Waals surface area contributed by atoms with Crippen molar-refractivity contribution in [1.82, 2.24) is 24.5 Å². The van der Waals surface area contributed by atoms with Crippen LogP contribution >= 0.6 is 0 Å². The zero-order valence-electron chi connectivity index (χ0n) is 12.2. The van der Waals surface area contributed by atoms with Crippen LogP contribution in [0.25, 0.3) is 5.69 Å². The first-order chi connectivity index (χ1) is 10.3. The molecule has 0 fully saturated rings. The van der Waals surface area contributed by atoms with Crippen LogP contribution in [0.1, 0.15) is 18.2 Å². The highest BCUT2D eigenvalue weighted by Gasteiger charge is 2.09. The van der Waals surface area contributed by atoms with Crippen LogP contribution in [0.15, 0.2) is 42.9 Å². The molecule has 2 aromatic heterocycles. The van der Waals surface area contributed by atoms with Crippen molar-refractivity contribution in [3.8, 4) is 5.69 Å². The standard InChI is InChI=1S/C15H18N6/c1-3-14-12(10-20(2)19-14)9-16-15-18-17-11-21(15)13-7-5-4-6-8-13/h4-8,10-11H,3,9H2,1-2H3,(H,16,18). The summed E-state index contributed by atoms with van der Waals surface area (Å²) in [5, 5.41) is 15.9. The van der Waals surface area contributed by atoms with E-state index in [1.807, 2.05) is 52.8 Å². The minimum Gasteiger partial charge on any atom is -0.350 e. The number of nitrogens with one attached hydrogen (secondary N) is 1. The van der Waals surface area contributed by atoms with Crippen molar-refractivity contribution in [2.75, 3.05) is 5.32 Å². The molecule has 0 amide bonds. The van der Waals surface area contributed by atoms with E-state index in [0.717, 1.165) is 23.8 Å². The number of nitrogens with zero attached hydrogens (tertiary/aromatic N) is 5. The molecule has 0 saturated carbocycles. The molecule has 108 valence electrons. The quantitative estimate of drug-likeness (QED) is 0.779. The summed E-state index contributed by atoms with van der Waals surface area (Å²) in [7, 11) is 1.94. The Hall–Kier alpha value is -2.63. The molecule has 2 heterocycles. The predicted octanol–water partition coefficient (Wildman–Crippen LogP) is 2.18. The summed E-state index contributed by atoms with van der Waals surface area (Å²) in [6.07, 6.45) is 4.67. The van der Waals surface area contributed by atoms with Gasteiger partial charge in [0.05, 0.1) is 11.4 Å². The molecule has 0 bridgehead atoms. The van der Waals surface area contributed by atoms with Gasteiger partial charge in [-0.2, -0.15) is 5.10 Å². The monoisotopic (exact) mass is 282 g/mol. The second kappa shape index (κ2) is 5.78. The molecule has 0 spiro atoms. The maximum Gasteiger partial charge on any atom is 0.229 e. The summed E-state index contributed by atoms with van der Waals surface area (Å²) in [5.74, 6) is 0.729. The molecule has 0 aliphatic carbocycles. The molecule has 0 unspecified atom stereocenters. The average molecular weight is 282 g/mol. The number of anilines is 1. The topological polar surface area (TPSA) is 60.6 Å². The minimum absolute atomic E-state index is 0.683. The maximum absolute atomic E-state index is 4.44. The molecule has 3 rings (SSSR count). The van der Waals surface area contributed by atoms with Crippen molar-refractivity contribution in [2.45, 2.75) is 19.9 Å². The van der Waals surface area contributed by atoms with E-state index in [1.165, 1.54) is 5.56 Å². The van der Waals surface area contributed by atoms with Gasteiger partial charge in [-0.3, -0.25) is 9.25 Å².